The molecule has 0 saturated carbocycles. The Morgan fingerprint density at radius 1 is 1.21 bits per heavy atom. The van der Waals surface area contributed by atoms with E-state index in [1.54, 1.807) is 0 Å². The smallest absolute Gasteiger partial charge is 0.332 e. The van der Waals surface area contributed by atoms with Crippen LogP contribution in [0.25, 0.3) is 16.9 Å². The summed E-state index contributed by atoms with van der Waals surface area (Å²) in [7, 11) is 2.90. The Balaban J connectivity index is 2.37. The predicted octanol–water partition coefficient (Wildman–Crippen LogP) is -1.56. The Hall–Kier alpha value is -2.95. The van der Waals surface area contributed by atoms with Gasteiger partial charge in [0.05, 0.1) is 6.10 Å². The maximum atomic E-state index is 12.5. The third-order valence-electron chi connectivity index (χ3n) is 3.85. The second-order valence-corrected chi connectivity index (χ2v) is 5.47. The number of anilines is 2. The number of imidazole rings is 1. The number of hydrogen-bond acceptors (Lipinski definition) is 8. The number of aryl methyl sites for hydroxylation is 1. The van der Waals surface area contributed by atoms with Crippen LogP contribution in [0.2, 0.25) is 0 Å². The molecule has 0 aliphatic heterocycles. The number of rotatable bonds is 4. The Morgan fingerprint density at radius 3 is 2.58 bits per heavy atom. The van der Waals surface area contributed by atoms with Gasteiger partial charge in [-0.15, -0.1) is 0 Å². The monoisotopic (exact) mass is 334 g/mol. The molecular weight excluding hydrogens is 316 g/mol. The van der Waals surface area contributed by atoms with E-state index in [4.69, 9.17) is 5.73 Å². The summed E-state index contributed by atoms with van der Waals surface area (Å²) < 4.78 is 3.64. The summed E-state index contributed by atoms with van der Waals surface area (Å²) in [5, 5.41) is 12.7. The number of nitrogen functional groups attached to an aromatic ring is 1. The van der Waals surface area contributed by atoms with Crippen molar-refractivity contribution in [2.45, 2.75) is 19.4 Å². The van der Waals surface area contributed by atoms with Gasteiger partial charge in [0.25, 0.3) is 5.56 Å². The van der Waals surface area contributed by atoms with Gasteiger partial charge >= 0.3 is 5.69 Å². The summed E-state index contributed by atoms with van der Waals surface area (Å²) in [5.74, 6) is 0.334. The maximum Gasteiger partial charge on any atom is 0.332 e. The zero-order chi connectivity index (χ0) is 17.6. The molecule has 128 valence electrons. The minimum absolute atomic E-state index is 0.0341. The van der Waals surface area contributed by atoms with Gasteiger partial charge in [-0.3, -0.25) is 13.9 Å². The van der Waals surface area contributed by atoms with Crippen LogP contribution in [0, 0.1) is 0 Å². The van der Waals surface area contributed by atoms with Crippen molar-refractivity contribution in [1.29, 1.82) is 0 Å². The topological polar surface area (TPSA) is 145 Å². The van der Waals surface area contributed by atoms with Crippen molar-refractivity contribution >= 4 is 28.8 Å². The molecule has 3 rings (SSSR count). The molecule has 4 N–H and O–H groups in total. The first-order chi connectivity index (χ1) is 11.3. The summed E-state index contributed by atoms with van der Waals surface area (Å²) in [6.45, 7) is 2.06. The van der Waals surface area contributed by atoms with Gasteiger partial charge in [0.1, 0.15) is 0 Å². The van der Waals surface area contributed by atoms with E-state index in [2.05, 4.69) is 20.3 Å². The highest BCUT2D eigenvalue weighted by Gasteiger charge is 2.19. The van der Waals surface area contributed by atoms with E-state index in [1.807, 2.05) is 6.92 Å². The van der Waals surface area contributed by atoms with Gasteiger partial charge in [-0.25, -0.2) is 9.20 Å². The van der Waals surface area contributed by atoms with E-state index < -0.39 is 17.4 Å². The summed E-state index contributed by atoms with van der Waals surface area (Å²) in [6.07, 6.45) is -0.0318. The first-order valence-corrected chi connectivity index (χ1v) is 7.38. The van der Waals surface area contributed by atoms with E-state index in [0.717, 1.165) is 4.57 Å². The van der Waals surface area contributed by atoms with Crippen LogP contribution < -0.4 is 22.3 Å². The van der Waals surface area contributed by atoms with Gasteiger partial charge in [-0.1, -0.05) is 6.92 Å². The number of nitrogens with zero attached hydrogens (tertiary/aromatic N) is 6. The molecule has 0 amide bonds. The first kappa shape index (κ1) is 15.9. The quantitative estimate of drug-likeness (QED) is 0.519. The lowest BCUT2D eigenvalue weighted by Gasteiger charge is -2.12. The van der Waals surface area contributed by atoms with Crippen molar-refractivity contribution in [3.63, 3.8) is 0 Å². The fourth-order valence-electron chi connectivity index (χ4n) is 2.42. The number of fused-ring (bicyclic) bond motifs is 3. The number of hydrogen-bond donors (Lipinski definition) is 3. The van der Waals surface area contributed by atoms with Crippen LogP contribution in [0.4, 0.5) is 11.9 Å². The largest absolute Gasteiger partial charge is 0.391 e. The number of aliphatic hydroxyl groups excluding tert-OH is 1. The molecule has 0 aromatic carbocycles. The van der Waals surface area contributed by atoms with Crippen LogP contribution >= 0.6 is 0 Å². The van der Waals surface area contributed by atoms with Crippen molar-refractivity contribution in [3.8, 4) is 0 Å². The third kappa shape index (κ3) is 2.29. The van der Waals surface area contributed by atoms with Crippen molar-refractivity contribution < 1.29 is 5.11 Å². The van der Waals surface area contributed by atoms with Crippen LogP contribution in [0.15, 0.2) is 9.59 Å². The van der Waals surface area contributed by atoms with Crippen LogP contribution in [0.1, 0.15) is 13.3 Å². The molecule has 0 saturated heterocycles. The van der Waals surface area contributed by atoms with Crippen LogP contribution in [-0.4, -0.2) is 46.2 Å². The number of aliphatic hydroxyl groups is 1. The predicted molar refractivity (Wildman–Crippen MR) is 88.0 cm³/mol. The highest BCUT2D eigenvalue weighted by molar-refractivity contribution is 5.77. The summed E-state index contributed by atoms with van der Waals surface area (Å²) >= 11 is 0. The van der Waals surface area contributed by atoms with Gasteiger partial charge in [-0.05, 0) is 6.42 Å². The van der Waals surface area contributed by atoms with Gasteiger partial charge in [0.2, 0.25) is 17.7 Å². The fraction of sp³-hybridized carbons (Fsp3) is 0.462. The van der Waals surface area contributed by atoms with Crippen LogP contribution in [-0.2, 0) is 14.1 Å². The highest BCUT2D eigenvalue weighted by Crippen LogP contribution is 2.16. The second-order valence-electron chi connectivity index (χ2n) is 5.47. The van der Waals surface area contributed by atoms with Crippen molar-refractivity contribution in [3.05, 3.63) is 20.8 Å². The average molecular weight is 334 g/mol. The Morgan fingerprint density at radius 2 is 1.92 bits per heavy atom. The molecule has 1 unspecified atom stereocenters. The molecule has 0 aliphatic carbocycles. The summed E-state index contributed by atoms with van der Waals surface area (Å²) in [5.41, 5.74) is 5.02. The zero-order valence-corrected chi connectivity index (χ0v) is 13.5. The molecule has 3 aromatic heterocycles. The molecule has 0 aliphatic rings. The lowest BCUT2D eigenvalue weighted by molar-refractivity contribution is 0.183. The van der Waals surface area contributed by atoms with E-state index >= 15 is 0 Å². The number of aromatic nitrogens is 6. The van der Waals surface area contributed by atoms with Gasteiger partial charge < -0.3 is 16.2 Å². The average Bonchev–Trinajstić information content (AvgIpc) is 2.94. The molecule has 1 atom stereocenters. The molecule has 3 aromatic rings. The minimum Gasteiger partial charge on any atom is -0.391 e. The van der Waals surface area contributed by atoms with Crippen molar-refractivity contribution in [1.82, 2.24) is 28.5 Å². The molecule has 0 fully saturated rings. The lowest BCUT2D eigenvalue weighted by Crippen LogP contribution is -2.37. The van der Waals surface area contributed by atoms with E-state index in [-0.39, 0.29) is 35.4 Å². The third-order valence-corrected chi connectivity index (χ3v) is 3.85. The fourth-order valence-corrected chi connectivity index (χ4v) is 2.42. The SMILES string of the molecule is CCC(O)CNc1nc(N)nc2nc3c(c(=O)n(C)c(=O)n3C)n12. The van der Waals surface area contributed by atoms with Crippen LogP contribution in [0.5, 0.6) is 0 Å². The van der Waals surface area contributed by atoms with Gasteiger partial charge in [0, 0.05) is 20.6 Å². The van der Waals surface area contributed by atoms with E-state index in [9.17, 15) is 14.7 Å². The zero-order valence-electron chi connectivity index (χ0n) is 13.5. The Labute approximate surface area is 135 Å². The molecule has 3 heterocycles. The summed E-state index contributed by atoms with van der Waals surface area (Å²) in [6, 6.07) is 0. The molecule has 11 heteroatoms. The Bertz CT molecular complexity index is 1050. The lowest BCUT2D eigenvalue weighted by atomic mass is 10.3. The standard InChI is InChI=1S/C13H18N8O3/c1-4-6(22)5-15-11-17-10(14)18-12-16-8-7(21(11)12)9(23)20(3)13(24)19(8)2/h6,22H,4-5H2,1-3H3,(H3,14,15,16,17,18). The van der Waals surface area contributed by atoms with Gasteiger partial charge in [-0.2, -0.15) is 15.0 Å². The molecule has 0 bridgehead atoms. The first-order valence-electron chi connectivity index (χ1n) is 7.38. The van der Waals surface area contributed by atoms with Crippen molar-refractivity contribution in [2.24, 2.45) is 14.1 Å². The van der Waals surface area contributed by atoms with Crippen LogP contribution in [0.3, 0.4) is 0 Å². The molecule has 0 radical (unpaired) electrons. The summed E-state index contributed by atoms with van der Waals surface area (Å²) in [4.78, 5) is 36.9. The van der Waals surface area contributed by atoms with E-state index in [0.29, 0.717) is 6.42 Å². The molecule has 11 nitrogen and oxygen atoms in total. The van der Waals surface area contributed by atoms with Crippen molar-refractivity contribution in [2.75, 3.05) is 17.6 Å². The number of nitrogens with one attached hydrogen (secondary N) is 1. The van der Waals surface area contributed by atoms with Gasteiger partial charge in [0.15, 0.2) is 11.2 Å². The molecule has 0 spiro atoms. The Kier molecular flexibility index (Phi) is 3.72. The minimum atomic E-state index is -0.585. The maximum absolute atomic E-state index is 12.5. The van der Waals surface area contributed by atoms with E-state index in [1.165, 1.54) is 23.1 Å². The second kappa shape index (κ2) is 5.60. The highest BCUT2D eigenvalue weighted by atomic mass is 16.3. The normalized spacial score (nSPS) is 12.8. The molecule has 24 heavy (non-hydrogen) atoms. The number of nitrogens with two attached hydrogens (primary N) is 1. The molecular formula is C13H18N8O3.